The van der Waals surface area contributed by atoms with Gasteiger partial charge in [-0.15, -0.1) is 0 Å². The summed E-state index contributed by atoms with van der Waals surface area (Å²) in [5, 5.41) is 0.383. The van der Waals surface area contributed by atoms with Crippen LogP contribution < -0.4 is 14.2 Å². The molecule has 2 aromatic rings. The van der Waals surface area contributed by atoms with Crippen LogP contribution in [0.4, 0.5) is 4.39 Å². The molecule has 0 aromatic heterocycles. The maximum absolute atomic E-state index is 13.6. The zero-order chi connectivity index (χ0) is 17.1. The third-order valence-electron chi connectivity index (χ3n) is 3.41. The third-order valence-corrected chi connectivity index (χ3v) is 3.69. The number of carbonyl (C=O) groups excluding carboxylic acids is 1. The maximum Gasteiger partial charge on any atom is 0.338 e. The Morgan fingerprint density at radius 3 is 2.79 bits per heavy atom. The molecule has 0 radical (unpaired) electrons. The van der Waals surface area contributed by atoms with E-state index in [0.717, 1.165) is 6.07 Å². The van der Waals surface area contributed by atoms with Gasteiger partial charge >= 0.3 is 5.97 Å². The lowest BCUT2D eigenvalue weighted by Gasteiger charge is -2.20. The minimum atomic E-state index is -0.650. The smallest absolute Gasteiger partial charge is 0.338 e. The number of methoxy groups -OCH3 is 1. The molecule has 0 N–H and O–H groups in total. The van der Waals surface area contributed by atoms with Gasteiger partial charge in [0.05, 0.1) is 17.7 Å². The van der Waals surface area contributed by atoms with E-state index >= 15 is 0 Å². The molecule has 1 aliphatic rings. The molecule has 0 spiro atoms. The topological polar surface area (TPSA) is 54.0 Å². The number of esters is 1. The lowest BCUT2D eigenvalue weighted by atomic mass is 10.2. The Labute approximate surface area is 142 Å². The highest BCUT2D eigenvalue weighted by atomic mass is 35.5. The lowest BCUT2D eigenvalue weighted by molar-refractivity contribution is 0.0471. The summed E-state index contributed by atoms with van der Waals surface area (Å²) in [6.07, 6.45) is 0. The van der Waals surface area contributed by atoms with Crippen molar-refractivity contribution in [2.45, 2.75) is 6.61 Å². The molecule has 2 aromatic carbocycles. The van der Waals surface area contributed by atoms with Crippen LogP contribution in [0.25, 0.3) is 0 Å². The van der Waals surface area contributed by atoms with E-state index in [1.165, 1.54) is 19.2 Å². The number of hydrogen-bond donors (Lipinski definition) is 0. The molecule has 7 heteroatoms. The first-order valence-electron chi connectivity index (χ1n) is 7.17. The highest BCUT2D eigenvalue weighted by Crippen LogP contribution is 2.38. The summed E-state index contributed by atoms with van der Waals surface area (Å²) in [5.74, 6) is -0.229. The molecule has 24 heavy (non-hydrogen) atoms. The maximum atomic E-state index is 13.6. The Kier molecular flexibility index (Phi) is 4.76. The van der Waals surface area contributed by atoms with E-state index in [9.17, 15) is 9.18 Å². The van der Waals surface area contributed by atoms with Crippen molar-refractivity contribution in [2.75, 3.05) is 20.3 Å². The first-order valence-corrected chi connectivity index (χ1v) is 7.55. The van der Waals surface area contributed by atoms with Gasteiger partial charge < -0.3 is 18.9 Å². The van der Waals surface area contributed by atoms with E-state index in [2.05, 4.69) is 0 Å². The standard InChI is InChI=1S/C17H14ClFO5/c1-21-14-3-2-11(8-13(14)19)17(20)24-9-10-6-12(18)16-15(7-10)22-4-5-23-16/h2-3,6-8H,4-5,9H2,1H3. The molecule has 0 saturated heterocycles. The van der Waals surface area contributed by atoms with Crippen molar-refractivity contribution in [1.29, 1.82) is 0 Å². The van der Waals surface area contributed by atoms with Crippen LogP contribution in [0.2, 0.25) is 5.02 Å². The average Bonchev–Trinajstić information content (AvgIpc) is 2.59. The van der Waals surface area contributed by atoms with Crippen LogP contribution in [0, 0.1) is 5.82 Å². The average molecular weight is 353 g/mol. The minimum absolute atomic E-state index is 0.0250. The first kappa shape index (κ1) is 16.4. The van der Waals surface area contributed by atoms with E-state index in [1.54, 1.807) is 12.1 Å². The summed E-state index contributed by atoms with van der Waals surface area (Å²) in [7, 11) is 1.35. The first-order chi connectivity index (χ1) is 11.6. The monoisotopic (exact) mass is 352 g/mol. The highest BCUT2D eigenvalue weighted by molar-refractivity contribution is 6.32. The van der Waals surface area contributed by atoms with Crippen molar-refractivity contribution in [2.24, 2.45) is 0 Å². The van der Waals surface area contributed by atoms with Crippen molar-refractivity contribution >= 4 is 17.6 Å². The van der Waals surface area contributed by atoms with Gasteiger partial charge in [0.1, 0.15) is 19.8 Å². The molecular weight excluding hydrogens is 339 g/mol. The summed E-state index contributed by atoms with van der Waals surface area (Å²) >= 11 is 6.12. The van der Waals surface area contributed by atoms with Crippen molar-refractivity contribution in [3.63, 3.8) is 0 Å². The van der Waals surface area contributed by atoms with Crippen LogP contribution in [-0.4, -0.2) is 26.3 Å². The Hall–Kier alpha value is -2.47. The normalized spacial score (nSPS) is 12.6. The number of carbonyl (C=O) groups is 1. The molecule has 1 aliphatic heterocycles. The third kappa shape index (κ3) is 3.38. The number of hydrogen-bond acceptors (Lipinski definition) is 5. The molecule has 0 aliphatic carbocycles. The molecule has 126 valence electrons. The SMILES string of the molecule is COc1ccc(C(=O)OCc2cc(Cl)c3c(c2)OCCO3)cc1F. The fraction of sp³-hybridized carbons (Fsp3) is 0.235. The van der Waals surface area contributed by atoms with Gasteiger partial charge in [0.2, 0.25) is 0 Å². The molecular formula is C17H14ClFO5. The Balaban J connectivity index is 1.70. The second-order valence-corrected chi connectivity index (χ2v) is 5.43. The van der Waals surface area contributed by atoms with Gasteiger partial charge in [-0.3, -0.25) is 0 Å². The fourth-order valence-corrected chi connectivity index (χ4v) is 2.56. The van der Waals surface area contributed by atoms with Crippen LogP contribution in [0.3, 0.4) is 0 Å². The molecule has 0 fully saturated rings. The fourth-order valence-electron chi connectivity index (χ4n) is 2.27. The van der Waals surface area contributed by atoms with Gasteiger partial charge in [-0.2, -0.15) is 0 Å². The summed E-state index contributed by atoms with van der Waals surface area (Å²) in [6.45, 7) is 0.838. The minimum Gasteiger partial charge on any atom is -0.494 e. The van der Waals surface area contributed by atoms with E-state index in [-0.39, 0.29) is 17.9 Å². The predicted octanol–water partition coefficient (Wildman–Crippen LogP) is 3.62. The van der Waals surface area contributed by atoms with Crippen LogP contribution in [0.1, 0.15) is 15.9 Å². The summed E-state index contributed by atoms with van der Waals surface area (Å²) < 4.78 is 34.5. The molecule has 1 heterocycles. The summed E-state index contributed by atoms with van der Waals surface area (Å²) in [5.41, 5.74) is 0.739. The molecule has 0 saturated carbocycles. The van der Waals surface area contributed by atoms with Crippen molar-refractivity contribution in [3.05, 3.63) is 52.3 Å². The van der Waals surface area contributed by atoms with Crippen molar-refractivity contribution in [1.82, 2.24) is 0 Å². The molecule has 0 atom stereocenters. The van der Waals surface area contributed by atoms with E-state index < -0.39 is 11.8 Å². The zero-order valence-electron chi connectivity index (χ0n) is 12.8. The van der Waals surface area contributed by atoms with Crippen LogP contribution in [0.5, 0.6) is 17.2 Å². The van der Waals surface area contributed by atoms with Crippen molar-refractivity contribution in [3.8, 4) is 17.2 Å². The second kappa shape index (κ2) is 6.97. The highest BCUT2D eigenvalue weighted by Gasteiger charge is 2.18. The Morgan fingerprint density at radius 1 is 1.25 bits per heavy atom. The Bertz CT molecular complexity index is 778. The summed E-state index contributed by atoms with van der Waals surface area (Å²) in [6, 6.07) is 7.20. The summed E-state index contributed by atoms with van der Waals surface area (Å²) in [4.78, 5) is 12.0. The van der Waals surface area contributed by atoms with E-state index in [4.69, 9.17) is 30.5 Å². The van der Waals surface area contributed by atoms with Gasteiger partial charge in [0.15, 0.2) is 23.1 Å². The predicted molar refractivity (Wildman–Crippen MR) is 84.5 cm³/mol. The number of ether oxygens (including phenoxy) is 4. The van der Waals surface area contributed by atoms with Crippen LogP contribution in [0.15, 0.2) is 30.3 Å². The van der Waals surface area contributed by atoms with Gasteiger partial charge in [-0.1, -0.05) is 11.6 Å². The van der Waals surface area contributed by atoms with Gasteiger partial charge in [0.25, 0.3) is 0 Å². The number of rotatable bonds is 4. The van der Waals surface area contributed by atoms with E-state index in [1.807, 2.05) is 0 Å². The molecule has 3 rings (SSSR count). The van der Waals surface area contributed by atoms with Gasteiger partial charge in [-0.25, -0.2) is 9.18 Å². The zero-order valence-corrected chi connectivity index (χ0v) is 13.6. The van der Waals surface area contributed by atoms with Gasteiger partial charge in [0, 0.05) is 0 Å². The van der Waals surface area contributed by atoms with Crippen molar-refractivity contribution < 1.29 is 28.1 Å². The molecule has 0 bridgehead atoms. The molecule has 5 nitrogen and oxygen atoms in total. The lowest BCUT2D eigenvalue weighted by Crippen LogP contribution is -2.16. The Morgan fingerprint density at radius 2 is 2.04 bits per heavy atom. The number of benzene rings is 2. The number of fused-ring (bicyclic) bond motifs is 1. The van der Waals surface area contributed by atoms with Crippen LogP contribution in [-0.2, 0) is 11.3 Å². The van der Waals surface area contributed by atoms with Crippen LogP contribution >= 0.6 is 11.6 Å². The number of halogens is 2. The largest absolute Gasteiger partial charge is 0.494 e. The quantitative estimate of drug-likeness (QED) is 0.787. The second-order valence-electron chi connectivity index (χ2n) is 5.03. The van der Waals surface area contributed by atoms with Gasteiger partial charge in [-0.05, 0) is 35.9 Å². The van der Waals surface area contributed by atoms with E-state index in [0.29, 0.717) is 35.3 Å². The molecule has 0 amide bonds. The molecule has 0 unspecified atom stereocenters.